The smallest absolute Gasteiger partial charge is 0.332 e. The van der Waals surface area contributed by atoms with Crippen LogP contribution in [0.2, 0.25) is 0 Å². The predicted octanol–water partition coefficient (Wildman–Crippen LogP) is -1.45. The van der Waals surface area contributed by atoms with E-state index in [1.54, 1.807) is 13.0 Å². The Morgan fingerprint density at radius 1 is 1.48 bits per heavy atom. The normalized spacial score (nSPS) is 30.8. The SMILES string of the molecule is C[C@H](NC(=O)[C@H](N)C[C@H](O)C(=O)O)[C@H](O)[C@@]12C[C@H]1CC=CC2=O. The third-order valence-corrected chi connectivity index (χ3v) is 4.77. The van der Waals surface area contributed by atoms with Crippen LogP contribution in [0.1, 0.15) is 26.2 Å². The van der Waals surface area contributed by atoms with E-state index in [-0.39, 0.29) is 11.7 Å². The topological polar surface area (TPSA) is 150 Å². The number of nitrogens with one attached hydrogen (secondary N) is 1. The quantitative estimate of drug-likeness (QED) is 0.384. The minimum absolute atomic E-state index is 0.0943. The van der Waals surface area contributed by atoms with Crippen molar-refractivity contribution in [2.24, 2.45) is 17.1 Å². The lowest BCUT2D eigenvalue weighted by Crippen LogP contribution is -2.53. The molecule has 2 aliphatic carbocycles. The number of nitrogens with two attached hydrogens (primary N) is 1. The molecule has 8 nitrogen and oxygen atoms in total. The summed E-state index contributed by atoms with van der Waals surface area (Å²) in [5.74, 6) is -2.17. The molecule has 0 unspecified atom stereocenters. The first-order chi connectivity index (χ1) is 10.7. The second kappa shape index (κ2) is 6.38. The first kappa shape index (κ1) is 17.6. The summed E-state index contributed by atoms with van der Waals surface area (Å²) in [5.41, 5.74) is 4.73. The van der Waals surface area contributed by atoms with E-state index in [2.05, 4.69) is 5.32 Å². The summed E-state index contributed by atoms with van der Waals surface area (Å²) in [6.07, 6.45) is 1.38. The molecule has 0 aromatic rings. The molecular weight excluding hydrogens is 304 g/mol. The molecule has 2 aliphatic rings. The predicted molar refractivity (Wildman–Crippen MR) is 79.2 cm³/mol. The molecular formula is C15H22N2O6. The van der Waals surface area contributed by atoms with E-state index in [0.717, 1.165) is 6.42 Å². The fraction of sp³-hybridized carbons (Fsp3) is 0.667. The molecule has 6 N–H and O–H groups in total. The number of carboxylic acids is 1. The van der Waals surface area contributed by atoms with Crippen LogP contribution in [-0.2, 0) is 14.4 Å². The maximum absolute atomic E-state index is 12.1. The van der Waals surface area contributed by atoms with Gasteiger partial charge in [-0.1, -0.05) is 6.08 Å². The van der Waals surface area contributed by atoms with Crippen molar-refractivity contribution in [2.75, 3.05) is 0 Å². The summed E-state index contributed by atoms with van der Waals surface area (Å²) in [7, 11) is 0. The highest BCUT2D eigenvalue weighted by Crippen LogP contribution is 2.60. The average Bonchev–Trinajstić information content (AvgIpc) is 3.23. The molecule has 1 fully saturated rings. The van der Waals surface area contributed by atoms with Crippen molar-refractivity contribution in [3.63, 3.8) is 0 Å². The number of aliphatic hydroxyl groups excluding tert-OH is 2. The van der Waals surface area contributed by atoms with Crippen molar-refractivity contribution in [3.8, 4) is 0 Å². The van der Waals surface area contributed by atoms with Crippen molar-refractivity contribution in [2.45, 2.75) is 50.5 Å². The van der Waals surface area contributed by atoms with Gasteiger partial charge in [0.25, 0.3) is 0 Å². The molecule has 0 bridgehead atoms. The Balaban J connectivity index is 1.92. The summed E-state index contributed by atoms with van der Waals surface area (Å²) < 4.78 is 0. The minimum atomic E-state index is -1.73. The van der Waals surface area contributed by atoms with Crippen molar-refractivity contribution >= 4 is 17.7 Å². The molecule has 0 aromatic heterocycles. The van der Waals surface area contributed by atoms with Crippen LogP contribution in [0.3, 0.4) is 0 Å². The van der Waals surface area contributed by atoms with Gasteiger partial charge in [0, 0.05) is 6.42 Å². The number of aliphatic hydroxyl groups is 2. The minimum Gasteiger partial charge on any atom is -0.479 e. The van der Waals surface area contributed by atoms with E-state index in [4.69, 9.17) is 10.8 Å². The van der Waals surface area contributed by atoms with Crippen LogP contribution < -0.4 is 11.1 Å². The Kier molecular flexibility index (Phi) is 4.88. The average molecular weight is 326 g/mol. The first-order valence-corrected chi connectivity index (χ1v) is 7.56. The van der Waals surface area contributed by atoms with Gasteiger partial charge in [-0.25, -0.2) is 4.79 Å². The lowest BCUT2D eigenvalue weighted by Gasteiger charge is -2.29. The van der Waals surface area contributed by atoms with Crippen molar-refractivity contribution < 1.29 is 29.7 Å². The van der Waals surface area contributed by atoms with Crippen molar-refractivity contribution in [1.82, 2.24) is 5.32 Å². The van der Waals surface area contributed by atoms with Gasteiger partial charge in [-0.05, 0) is 31.8 Å². The standard InChI is InChI=1S/C15H22N2O6/c1-7(17-13(21)9(16)5-10(18)14(22)23)12(20)15-6-8(15)3-2-4-11(15)19/h2,4,7-10,12,18,20H,3,5-6,16H2,1H3,(H,17,21)(H,22,23)/t7-,8+,9+,10-,12-,15-/m0/s1. The van der Waals surface area contributed by atoms with E-state index in [1.165, 1.54) is 6.08 Å². The van der Waals surface area contributed by atoms with Gasteiger partial charge < -0.3 is 26.4 Å². The van der Waals surface area contributed by atoms with Gasteiger partial charge in [0.15, 0.2) is 11.9 Å². The summed E-state index contributed by atoms with van der Waals surface area (Å²) in [4.78, 5) is 34.6. The molecule has 128 valence electrons. The van der Waals surface area contributed by atoms with E-state index in [0.29, 0.717) is 6.42 Å². The third-order valence-electron chi connectivity index (χ3n) is 4.77. The fourth-order valence-electron chi connectivity index (χ4n) is 3.25. The summed E-state index contributed by atoms with van der Waals surface area (Å²) in [6.45, 7) is 1.57. The molecule has 0 radical (unpaired) electrons. The molecule has 1 amide bonds. The third kappa shape index (κ3) is 3.29. The fourth-order valence-corrected chi connectivity index (χ4v) is 3.25. The molecule has 0 spiro atoms. The van der Waals surface area contributed by atoms with Crippen LogP contribution >= 0.6 is 0 Å². The van der Waals surface area contributed by atoms with Crippen LogP contribution in [0.25, 0.3) is 0 Å². The highest BCUT2D eigenvalue weighted by atomic mass is 16.4. The number of amides is 1. The lowest BCUT2D eigenvalue weighted by atomic mass is 9.83. The zero-order chi connectivity index (χ0) is 17.4. The second-order valence-electron chi connectivity index (χ2n) is 6.38. The van der Waals surface area contributed by atoms with Crippen molar-refractivity contribution in [1.29, 1.82) is 0 Å². The molecule has 6 atom stereocenters. The molecule has 0 saturated heterocycles. The van der Waals surface area contributed by atoms with Gasteiger partial charge in [0.2, 0.25) is 5.91 Å². The molecule has 23 heavy (non-hydrogen) atoms. The van der Waals surface area contributed by atoms with E-state index in [1.807, 2.05) is 0 Å². The zero-order valence-electron chi connectivity index (χ0n) is 12.8. The Labute approximate surface area is 133 Å². The Morgan fingerprint density at radius 2 is 2.13 bits per heavy atom. The summed E-state index contributed by atoms with van der Waals surface area (Å²) in [5, 5.41) is 30.8. The van der Waals surface area contributed by atoms with Gasteiger partial charge in [-0.2, -0.15) is 0 Å². The number of fused-ring (bicyclic) bond motifs is 1. The van der Waals surface area contributed by atoms with Crippen molar-refractivity contribution in [3.05, 3.63) is 12.2 Å². The number of allylic oxidation sites excluding steroid dienone is 2. The zero-order valence-corrected chi connectivity index (χ0v) is 12.8. The van der Waals surface area contributed by atoms with E-state index >= 15 is 0 Å². The number of carbonyl (C=O) groups excluding carboxylic acids is 2. The molecule has 8 heteroatoms. The largest absolute Gasteiger partial charge is 0.479 e. The number of ketones is 1. The number of carbonyl (C=O) groups is 3. The summed E-state index contributed by atoms with van der Waals surface area (Å²) in [6, 6.07) is -1.93. The molecule has 0 aromatic carbocycles. The molecule has 0 heterocycles. The summed E-state index contributed by atoms with van der Waals surface area (Å²) >= 11 is 0. The number of aliphatic carboxylic acids is 1. The van der Waals surface area contributed by atoms with Crippen LogP contribution in [0.5, 0.6) is 0 Å². The highest BCUT2D eigenvalue weighted by Gasteiger charge is 2.64. The van der Waals surface area contributed by atoms with E-state index < -0.39 is 48.0 Å². The Hall–Kier alpha value is -1.77. The van der Waals surface area contributed by atoms with Crippen LogP contribution in [-0.4, -0.2) is 57.3 Å². The van der Waals surface area contributed by atoms with Gasteiger partial charge >= 0.3 is 5.97 Å². The Bertz CT molecular complexity index is 548. The molecule has 1 saturated carbocycles. The van der Waals surface area contributed by atoms with Gasteiger partial charge in [0.1, 0.15) is 0 Å². The van der Waals surface area contributed by atoms with E-state index in [9.17, 15) is 24.6 Å². The molecule has 0 aliphatic heterocycles. The number of carboxylic acid groups (broad SMARTS) is 1. The number of hydrogen-bond acceptors (Lipinski definition) is 6. The maximum atomic E-state index is 12.1. The first-order valence-electron chi connectivity index (χ1n) is 7.56. The second-order valence-corrected chi connectivity index (χ2v) is 6.38. The monoisotopic (exact) mass is 326 g/mol. The number of hydrogen-bond donors (Lipinski definition) is 5. The van der Waals surface area contributed by atoms with Crippen LogP contribution in [0.15, 0.2) is 12.2 Å². The highest BCUT2D eigenvalue weighted by molar-refractivity contribution is 5.99. The van der Waals surface area contributed by atoms with Gasteiger partial charge in [-0.3, -0.25) is 9.59 Å². The maximum Gasteiger partial charge on any atom is 0.332 e. The van der Waals surface area contributed by atoms with Crippen LogP contribution in [0.4, 0.5) is 0 Å². The lowest BCUT2D eigenvalue weighted by molar-refractivity contribution is -0.147. The Morgan fingerprint density at radius 3 is 2.70 bits per heavy atom. The van der Waals surface area contributed by atoms with Gasteiger partial charge in [-0.15, -0.1) is 0 Å². The molecule has 2 rings (SSSR count). The number of rotatable bonds is 7. The van der Waals surface area contributed by atoms with Gasteiger partial charge in [0.05, 0.1) is 23.6 Å². The van der Waals surface area contributed by atoms with Crippen LogP contribution in [0, 0.1) is 11.3 Å².